The van der Waals surface area contributed by atoms with Gasteiger partial charge in [-0.2, -0.15) is 0 Å². The third-order valence-corrected chi connectivity index (χ3v) is 6.97. The van der Waals surface area contributed by atoms with Gasteiger partial charge in [0.1, 0.15) is 10.6 Å². The van der Waals surface area contributed by atoms with E-state index in [1.165, 1.54) is 45.0 Å². The summed E-state index contributed by atoms with van der Waals surface area (Å²) in [5, 5.41) is 3.07. The lowest BCUT2D eigenvalue weighted by Gasteiger charge is -2.28. The quantitative estimate of drug-likeness (QED) is 0.853. The molecular formula is C16H25N3O3S. The van der Waals surface area contributed by atoms with Gasteiger partial charge in [-0.1, -0.05) is 6.42 Å². The molecule has 0 spiro atoms. The Morgan fingerprint density at radius 2 is 2.09 bits per heavy atom. The number of hydrogen-bond acceptors (Lipinski definition) is 3. The number of carbonyl (C=O) groups excluding carboxylic acids is 1. The summed E-state index contributed by atoms with van der Waals surface area (Å²) in [4.78, 5) is 12.6. The number of aryl methyl sites for hydroxylation is 1. The lowest BCUT2D eigenvalue weighted by molar-refractivity contribution is 0.0907. The molecule has 6 nitrogen and oxygen atoms in total. The number of fused-ring (bicyclic) bond motifs is 2. The molecule has 1 heterocycles. The molecule has 1 aromatic rings. The number of hydrogen-bond donors (Lipinski definition) is 2. The Labute approximate surface area is 137 Å². The second-order valence-corrected chi connectivity index (χ2v) is 8.87. The monoisotopic (exact) mass is 339 g/mol. The molecule has 2 N–H and O–H groups in total. The van der Waals surface area contributed by atoms with Crippen molar-refractivity contribution in [3.8, 4) is 0 Å². The number of sulfonamides is 1. The van der Waals surface area contributed by atoms with Crippen LogP contribution in [0.4, 0.5) is 0 Å². The highest BCUT2D eigenvalue weighted by Crippen LogP contribution is 2.49. The first-order valence-corrected chi connectivity index (χ1v) is 9.71. The number of amides is 1. The van der Waals surface area contributed by atoms with Crippen LogP contribution in [0.1, 0.15) is 43.1 Å². The van der Waals surface area contributed by atoms with Gasteiger partial charge in [0.05, 0.1) is 0 Å². The first-order chi connectivity index (χ1) is 10.8. The molecule has 3 rings (SSSR count). The van der Waals surface area contributed by atoms with Crippen molar-refractivity contribution in [3.63, 3.8) is 0 Å². The minimum Gasteiger partial charge on any atom is -0.348 e. The maximum atomic E-state index is 12.5. The van der Waals surface area contributed by atoms with Gasteiger partial charge in [0.25, 0.3) is 5.91 Å². The third kappa shape index (κ3) is 3.04. The van der Waals surface area contributed by atoms with Crippen molar-refractivity contribution in [1.82, 2.24) is 14.6 Å². The van der Waals surface area contributed by atoms with Crippen molar-refractivity contribution >= 4 is 15.9 Å². The molecule has 2 aliphatic rings. The normalized spacial score (nSPS) is 28.0. The van der Waals surface area contributed by atoms with E-state index < -0.39 is 10.0 Å². The van der Waals surface area contributed by atoms with E-state index in [2.05, 4.69) is 17.0 Å². The Hall–Kier alpha value is -1.34. The number of nitrogens with one attached hydrogen (secondary N) is 2. The van der Waals surface area contributed by atoms with Gasteiger partial charge in [-0.3, -0.25) is 4.79 Å². The van der Waals surface area contributed by atoms with Crippen LogP contribution in [0.15, 0.2) is 17.2 Å². The Bertz CT molecular complexity index is 710. The Morgan fingerprint density at radius 3 is 2.65 bits per heavy atom. The maximum absolute atomic E-state index is 12.5. The molecule has 0 unspecified atom stereocenters. The van der Waals surface area contributed by atoms with Crippen LogP contribution >= 0.6 is 0 Å². The van der Waals surface area contributed by atoms with Crippen molar-refractivity contribution in [1.29, 1.82) is 0 Å². The van der Waals surface area contributed by atoms with Crippen LogP contribution in [0.3, 0.4) is 0 Å². The molecule has 0 saturated heterocycles. The van der Waals surface area contributed by atoms with Gasteiger partial charge < -0.3 is 9.88 Å². The molecule has 1 aromatic heterocycles. The molecule has 1 amide bonds. The van der Waals surface area contributed by atoms with Crippen molar-refractivity contribution in [3.05, 3.63) is 18.0 Å². The van der Waals surface area contributed by atoms with E-state index in [1.54, 1.807) is 11.6 Å². The van der Waals surface area contributed by atoms with E-state index in [4.69, 9.17) is 0 Å². The van der Waals surface area contributed by atoms with Crippen LogP contribution in [-0.4, -0.2) is 32.0 Å². The average Bonchev–Trinajstić information content (AvgIpc) is 3.21. The minimum atomic E-state index is -3.54. The molecule has 0 aliphatic heterocycles. The van der Waals surface area contributed by atoms with Crippen LogP contribution in [0, 0.1) is 17.8 Å². The van der Waals surface area contributed by atoms with Gasteiger partial charge in [-0.05, 0) is 57.1 Å². The summed E-state index contributed by atoms with van der Waals surface area (Å²) >= 11 is 0. The van der Waals surface area contributed by atoms with Gasteiger partial charge in [-0.25, -0.2) is 13.1 Å². The van der Waals surface area contributed by atoms with E-state index in [0.717, 1.165) is 11.8 Å². The molecule has 23 heavy (non-hydrogen) atoms. The zero-order valence-corrected chi connectivity index (χ0v) is 14.7. The number of carbonyl (C=O) groups is 1. The predicted octanol–water partition coefficient (Wildman–Crippen LogP) is 1.49. The number of rotatable bonds is 5. The summed E-state index contributed by atoms with van der Waals surface area (Å²) in [5.74, 6) is 1.93. The highest BCUT2D eigenvalue weighted by atomic mass is 32.2. The van der Waals surface area contributed by atoms with E-state index in [0.29, 0.717) is 11.6 Å². The molecule has 4 atom stereocenters. The molecule has 2 saturated carbocycles. The molecule has 2 aliphatic carbocycles. The summed E-state index contributed by atoms with van der Waals surface area (Å²) < 4.78 is 27.5. The average molecular weight is 339 g/mol. The first kappa shape index (κ1) is 16.5. The first-order valence-electron chi connectivity index (χ1n) is 8.22. The van der Waals surface area contributed by atoms with E-state index >= 15 is 0 Å². The van der Waals surface area contributed by atoms with Crippen molar-refractivity contribution in [2.75, 3.05) is 7.05 Å². The third-order valence-electron chi connectivity index (χ3n) is 5.59. The fraction of sp³-hybridized carbons (Fsp3) is 0.688. The van der Waals surface area contributed by atoms with Crippen molar-refractivity contribution < 1.29 is 13.2 Å². The van der Waals surface area contributed by atoms with Crippen LogP contribution in [-0.2, 0) is 17.1 Å². The van der Waals surface area contributed by atoms with Crippen LogP contribution < -0.4 is 10.0 Å². The summed E-state index contributed by atoms with van der Waals surface area (Å²) in [5.41, 5.74) is 0.369. The summed E-state index contributed by atoms with van der Waals surface area (Å²) in [6, 6.07) is 1.55. The zero-order chi connectivity index (χ0) is 16.8. The highest BCUT2D eigenvalue weighted by molar-refractivity contribution is 7.89. The fourth-order valence-electron chi connectivity index (χ4n) is 4.32. The largest absolute Gasteiger partial charge is 0.348 e. The van der Waals surface area contributed by atoms with E-state index in [-0.39, 0.29) is 16.8 Å². The smallest absolute Gasteiger partial charge is 0.268 e. The molecule has 128 valence electrons. The van der Waals surface area contributed by atoms with Gasteiger partial charge >= 0.3 is 0 Å². The second-order valence-electron chi connectivity index (χ2n) is 6.98. The van der Waals surface area contributed by atoms with Gasteiger partial charge in [0.15, 0.2) is 0 Å². The lowest BCUT2D eigenvalue weighted by atomic mass is 9.84. The van der Waals surface area contributed by atoms with Crippen LogP contribution in [0.5, 0.6) is 0 Å². The summed E-state index contributed by atoms with van der Waals surface area (Å²) in [6.07, 6.45) is 6.59. The maximum Gasteiger partial charge on any atom is 0.268 e. The number of aromatic nitrogens is 1. The molecule has 2 fully saturated rings. The Balaban J connectivity index is 1.71. The molecule has 0 radical (unpaired) electrons. The summed E-state index contributed by atoms with van der Waals surface area (Å²) in [7, 11) is -0.489. The predicted molar refractivity (Wildman–Crippen MR) is 87.5 cm³/mol. The molecule has 2 bridgehead atoms. The van der Waals surface area contributed by atoms with E-state index in [1.807, 2.05) is 0 Å². The van der Waals surface area contributed by atoms with Gasteiger partial charge in [0, 0.05) is 19.3 Å². The topological polar surface area (TPSA) is 80.2 Å². The second kappa shape index (κ2) is 5.94. The highest BCUT2D eigenvalue weighted by Gasteiger charge is 2.42. The standard InChI is InChI=1S/C16H25N3O3S/c1-10(14-7-11-4-5-12(14)6-11)18-16(20)15-8-13(9-19(15)3)23(21,22)17-2/h8-12,14,17H,4-7H2,1-3H3,(H,18,20)/t10-,11-,12-,14+/m0/s1. The molecule has 0 aromatic carbocycles. The van der Waals surface area contributed by atoms with Crippen molar-refractivity contribution in [2.45, 2.75) is 43.5 Å². The van der Waals surface area contributed by atoms with Crippen molar-refractivity contribution in [2.24, 2.45) is 24.8 Å². The summed E-state index contributed by atoms with van der Waals surface area (Å²) in [6.45, 7) is 2.07. The van der Waals surface area contributed by atoms with Crippen LogP contribution in [0.25, 0.3) is 0 Å². The SMILES string of the molecule is CNS(=O)(=O)c1cc(C(=O)N[C@@H](C)[C@H]2C[C@H]3CC[C@H]2C3)n(C)c1. The van der Waals surface area contributed by atoms with Gasteiger partial charge in [-0.15, -0.1) is 0 Å². The molecular weight excluding hydrogens is 314 g/mol. The Morgan fingerprint density at radius 1 is 1.35 bits per heavy atom. The molecule has 7 heteroatoms. The Kier molecular flexibility index (Phi) is 4.27. The minimum absolute atomic E-state index is 0.111. The van der Waals surface area contributed by atoms with Crippen LogP contribution in [0.2, 0.25) is 0 Å². The zero-order valence-electron chi connectivity index (χ0n) is 13.9. The number of nitrogens with zero attached hydrogens (tertiary/aromatic N) is 1. The van der Waals surface area contributed by atoms with Gasteiger partial charge in [0.2, 0.25) is 10.0 Å². The fourth-order valence-corrected chi connectivity index (χ4v) is 5.12. The lowest BCUT2D eigenvalue weighted by Crippen LogP contribution is -2.40. The van der Waals surface area contributed by atoms with E-state index in [9.17, 15) is 13.2 Å².